The summed E-state index contributed by atoms with van der Waals surface area (Å²) in [4.78, 5) is 5.78. The predicted molar refractivity (Wildman–Crippen MR) is 72.2 cm³/mol. The highest BCUT2D eigenvalue weighted by Gasteiger charge is 2.09. The number of pyridine rings is 1. The van der Waals surface area contributed by atoms with E-state index in [1.165, 1.54) is 6.07 Å². The number of aromatic nitrogens is 1. The van der Waals surface area contributed by atoms with Crippen LogP contribution in [0.1, 0.15) is 5.56 Å². The molecule has 1 aromatic heterocycles. The molecule has 0 spiro atoms. The van der Waals surface area contributed by atoms with Gasteiger partial charge in [0.15, 0.2) is 0 Å². The molecule has 1 heterocycles. The highest BCUT2D eigenvalue weighted by atomic mass is 35.5. The minimum absolute atomic E-state index is 0.318. The second-order valence-electron chi connectivity index (χ2n) is 4.03. The summed E-state index contributed by atoms with van der Waals surface area (Å²) >= 11 is 5.71. The molecule has 0 radical (unpaired) electrons. The SMILES string of the molecule is CN(Cc1ccc(Cl)cc1F)c1ccncc1N. The summed E-state index contributed by atoms with van der Waals surface area (Å²) in [5.41, 5.74) is 7.77. The molecule has 0 saturated carbocycles. The average molecular weight is 266 g/mol. The van der Waals surface area contributed by atoms with Gasteiger partial charge in [0.05, 0.1) is 17.6 Å². The van der Waals surface area contributed by atoms with Crippen LogP contribution in [0, 0.1) is 5.82 Å². The van der Waals surface area contributed by atoms with Crippen molar-refractivity contribution in [1.82, 2.24) is 4.98 Å². The lowest BCUT2D eigenvalue weighted by atomic mass is 10.2. The lowest BCUT2D eigenvalue weighted by Gasteiger charge is -2.21. The van der Waals surface area contributed by atoms with Gasteiger partial charge in [-0.05, 0) is 18.2 Å². The highest BCUT2D eigenvalue weighted by Crippen LogP contribution is 2.23. The topological polar surface area (TPSA) is 42.2 Å². The Balaban J connectivity index is 2.21. The van der Waals surface area contributed by atoms with Crippen molar-refractivity contribution in [3.8, 4) is 0 Å². The van der Waals surface area contributed by atoms with Gasteiger partial charge in [-0.25, -0.2) is 4.39 Å². The van der Waals surface area contributed by atoms with E-state index in [-0.39, 0.29) is 5.82 Å². The minimum atomic E-state index is -0.318. The molecule has 0 aliphatic rings. The zero-order valence-electron chi connectivity index (χ0n) is 9.90. The maximum atomic E-state index is 13.7. The highest BCUT2D eigenvalue weighted by molar-refractivity contribution is 6.30. The van der Waals surface area contributed by atoms with Crippen molar-refractivity contribution >= 4 is 23.0 Å². The Morgan fingerprint density at radius 3 is 2.83 bits per heavy atom. The molecule has 2 N–H and O–H groups in total. The smallest absolute Gasteiger partial charge is 0.129 e. The molecule has 0 amide bonds. The second-order valence-corrected chi connectivity index (χ2v) is 4.46. The van der Waals surface area contributed by atoms with Gasteiger partial charge in [-0.1, -0.05) is 17.7 Å². The van der Waals surface area contributed by atoms with Crippen molar-refractivity contribution in [2.75, 3.05) is 17.7 Å². The Hall–Kier alpha value is -1.81. The van der Waals surface area contributed by atoms with Crippen LogP contribution < -0.4 is 10.6 Å². The third-order valence-corrected chi connectivity index (χ3v) is 2.90. The van der Waals surface area contributed by atoms with Gasteiger partial charge >= 0.3 is 0 Å². The molecule has 5 heteroatoms. The Kier molecular flexibility index (Phi) is 3.67. The first-order valence-electron chi connectivity index (χ1n) is 5.42. The van der Waals surface area contributed by atoms with Crippen LogP contribution in [0.5, 0.6) is 0 Å². The maximum Gasteiger partial charge on any atom is 0.129 e. The average Bonchev–Trinajstić information content (AvgIpc) is 2.33. The van der Waals surface area contributed by atoms with Gasteiger partial charge < -0.3 is 10.6 Å². The van der Waals surface area contributed by atoms with Crippen LogP contribution in [0.2, 0.25) is 5.02 Å². The molecule has 94 valence electrons. The van der Waals surface area contributed by atoms with Crippen LogP contribution in [0.25, 0.3) is 0 Å². The molecule has 0 fully saturated rings. The molecule has 3 nitrogen and oxygen atoms in total. The molecule has 0 atom stereocenters. The van der Waals surface area contributed by atoms with Crippen molar-refractivity contribution in [2.45, 2.75) is 6.54 Å². The summed E-state index contributed by atoms with van der Waals surface area (Å²) in [5, 5.41) is 0.391. The Morgan fingerprint density at radius 1 is 1.39 bits per heavy atom. The summed E-state index contributed by atoms with van der Waals surface area (Å²) in [6.45, 7) is 0.414. The number of benzene rings is 1. The van der Waals surface area contributed by atoms with Crippen molar-refractivity contribution in [2.24, 2.45) is 0 Å². The molecule has 0 aliphatic heterocycles. The normalized spacial score (nSPS) is 10.4. The first kappa shape index (κ1) is 12.6. The van der Waals surface area contributed by atoms with E-state index in [0.717, 1.165) is 5.69 Å². The maximum absolute atomic E-state index is 13.7. The first-order chi connectivity index (χ1) is 8.58. The molecular formula is C13H13ClFN3. The third kappa shape index (κ3) is 2.71. The van der Waals surface area contributed by atoms with E-state index in [1.54, 1.807) is 30.6 Å². The minimum Gasteiger partial charge on any atom is -0.396 e. The molecule has 0 saturated heterocycles. The van der Waals surface area contributed by atoms with Crippen LogP contribution in [-0.4, -0.2) is 12.0 Å². The summed E-state index contributed by atoms with van der Waals surface area (Å²) in [6.07, 6.45) is 3.23. The number of halogens is 2. The van der Waals surface area contributed by atoms with E-state index >= 15 is 0 Å². The van der Waals surface area contributed by atoms with Gasteiger partial charge in [0.25, 0.3) is 0 Å². The van der Waals surface area contributed by atoms with Crippen LogP contribution in [0.15, 0.2) is 36.7 Å². The Bertz CT molecular complexity index is 560. The zero-order valence-corrected chi connectivity index (χ0v) is 10.7. The van der Waals surface area contributed by atoms with Gasteiger partial charge in [0.2, 0.25) is 0 Å². The van der Waals surface area contributed by atoms with Crippen molar-refractivity contribution in [3.05, 3.63) is 53.1 Å². The van der Waals surface area contributed by atoms with E-state index in [0.29, 0.717) is 22.8 Å². The van der Waals surface area contributed by atoms with Crippen molar-refractivity contribution < 1.29 is 4.39 Å². The standard InChI is InChI=1S/C13H13ClFN3/c1-18(13-4-5-17-7-12(13)16)8-9-2-3-10(14)6-11(9)15/h2-7H,8,16H2,1H3. The van der Waals surface area contributed by atoms with E-state index in [2.05, 4.69) is 4.98 Å². The van der Waals surface area contributed by atoms with E-state index in [9.17, 15) is 4.39 Å². The van der Waals surface area contributed by atoms with E-state index < -0.39 is 0 Å². The van der Waals surface area contributed by atoms with Crippen LogP contribution in [0.3, 0.4) is 0 Å². The number of nitrogens with two attached hydrogens (primary N) is 1. The molecule has 1 aromatic carbocycles. The zero-order chi connectivity index (χ0) is 13.1. The van der Waals surface area contributed by atoms with Gasteiger partial charge in [0, 0.05) is 30.4 Å². The van der Waals surface area contributed by atoms with Crippen molar-refractivity contribution in [3.63, 3.8) is 0 Å². The fourth-order valence-electron chi connectivity index (χ4n) is 1.74. The summed E-state index contributed by atoms with van der Waals surface area (Å²) < 4.78 is 13.7. The number of hydrogen-bond acceptors (Lipinski definition) is 3. The number of rotatable bonds is 3. The summed E-state index contributed by atoms with van der Waals surface area (Å²) in [5.74, 6) is -0.318. The number of hydrogen-bond donors (Lipinski definition) is 1. The molecule has 0 aliphatic carbocycles. The first-order valence-corrected chi connectivity index (χ1v) is 5.80. The van der Waals surface area contributed by atoms with E-state index in [1.807, 2.05) is 11.9 Å². The van der Waals surface area contributed by atoms with Crippen LogP contribution in [0.4, 0.5) is 15.8 Å². The second kappa shape index (κ2) is 5.23. The van der Waals surface area contributed by atoms with Crippen LogP contribution >= 0.6 is 11.6 Å². The van der Waals surface area contributed by atoms with Gasteiger partial charge in [-0.15, -0.1) is 0 Å². The number of nitrogen functional groups attached to an aromatic ring is 1. The fourth-order valence-corrected chi connectivity index (χ4v) is 1.90. The third-order valence-electron chi connectivity index (χ3n) is 2.66. The van der Waals surface area contributed by atoms with Crippen LogP contribution in [-0.2, 0) is 6.54 Å². The largest absolute Gasteiger partial charge is 0.396 e. The lowest BCUT2D eigenvalue weighted by Crippen LogP contribution is -2.18. The quantitative estimate of drug-likeness (QED) is 0.927. The van der Waals surface area contributed by atoms with Gasteiger partial charge in [-0.2, -0.15) is 0 Å². The predicted octanol–water partition coefficient (Wildman–Crippen LogP) is 3.09. The van der Waals surface area contributed by atoms with Gasteiger partial charge in [-0.3, -0.25) is 4.98 Å². The molecule has 2 rings (SSSR count). The molecular weight excluding hydrogens is 253 g/mol. The molecule has 18 heavy (non-hydrogen) atoms. The lowest BCUT2D eigenvalue weighted by molar-refractivity contribution is 0.608. The Labute approximate surface area is 110 Å². The van der Waals surface area contributed by atoms with Crippen molar-refractivity contribution in [1.29, 1.82) is 0 Å². The summed E-state index contributed by atoms with van der Waals surface area (Å²) in [6, 6.07) is 6.44. The molecule has 0 bridgehead atoms. The number of nitrogens with zero attached hydrogens (tertiary/aromatic N) is 2. The molecule has 2 aromatic rings. The summed E-state index contributed by atoms with van der Waals surface area (Å²) in [7, 11) is 1.85. The molecule has 0 unspecified atom stereocenters. The fraction of sp³-hybridized carbons (Fsp3) is 0.154. The van der Waals surface area contributed by atoms with Gasteiger partial charge in [0.1, 0.15) is 5.82 Å². The monoisotopic (exact) mass is 265 g/mol. The Morgan fingerprint density at radius 2 is 2.17 bits per heavy atom. The number of anilines is 2. The van der Waals surface area contributed by atoms with E-state index in [4.69, 9.17) is 17.3 Å².